The number of nitrogens with zero attached hydrogens (tertiary/aromatic N) is 2. The van der Waals surface area contributed by atoms with Gasteiger partial charge in [0, 0.05) is 24.1 Å². The van der Waals surface area contributed by atoms with Gasteiger partial charge in [0.05, 0.1) is 0 Å². The maximum atomic E-state index is 11.5. The monoisotopic (exact) mass is 239 g/mol. The lowest BCUT2D eigenvalue weighted by molar-refractivity contribution is -0.133. The zero-order chi connectivity index (χ0) is 12.8. The van der Waals surface area contributed by atoms with Crippen molar-refractivity contribution >= 4 is 11.9 Å². The standard InChI is InChI=1S/C10H13N3O4/c1-6(7(2)10(15)16)9(14)11-4-3-8-12-5-17-13-8/h5H,3-4H2,1-2H3,(H,11,14)(H,15,16). The lowest BCUT2D eigenvalue weighted by atomic mass is 10.1. The fourth-order valence-corrected chi connectivity index (χ4v) is 1.05. The molecule has 1 amide bonds. The minimum atomic E-state index is -1.10. The number of nitrogens with one attached hydrogen (secondary N) is 1. The van der Waals surface area contributed by atoms with E-state index >= 15 is 0 Å². The van der Waals surface area contributed by atoms with Gasteiger partial charge < -0.3 is 14.9 Å². The molecule has 0 aliphatic heterocycles. The maximum Gasteiger partial charge on any atom is 0.331 e. The van der Waals surface area contributed by atoms with Crippen molar-refractivity contribution in [1.29, 1.82) is 0 Å². The van der Waals surface area contributed by atoms with Crippen LogP contribution in [0.3, 0.4) is 0 Å². The molecule has 0 fully saturated rings. The highest BCUT2D eigenvalue weighted by Crippen LogP contribution is 2.03. The van der Waals surface area contributed by atoms with Crippen molar-refractivity contribution in [1.82, 2.24) is 15.5 Å². The number of aliphatic carboxylic acids is 1. The smallest absolute Gasteiger partial charge is 0.331 e. The molecule has 0 unspecified atom stereocenters. The Bertz CT molecular complexity index is 436. The predicted octanol–water partition coefficient (Wildman–Crippen LogP) is 0.149. The van der Waals surface area contributed by atoms with E-state index < -0.39 is 11.9 Å². The highest BCUT2D eigenvalue weighted by atomic mass is 16.5. The van der Waals surface area contributed by atoms with Gasteiger partial charge in [0.1, 0.15) is 0 Å². The summed E-state index contributed by atoms with van der Waals surface area (Å²) in [6.45, 7) is 3.17. The quantitative estimate of drug-likeness (QED) is 0.708. The summed E-state index contributed by atoms with van der Waals surface area (Å²) < 4.78 is 4.53. The van der Waals surface area contributed by atoms with Gasteiger partial charge in [-0.25, -0.2) is 4.79 Å². The first-order valence-corrected chi connectivity index (χ1v) is 4.96. The predicted molar refractivity (Wildman–Crippen MR) is 57.0 cm³/mol. The second-order valence-electron chi connectivity index (χ2n) is 3.41. The highest BCUT2D eigenvalue weighted by molar-refractivity contribution is 6.01. The lowest BCUT2D eigenvalue weighted by Gasteiger charge is -2.05. The Kier molecular flexibility index (Phi) is 4.38. The third-order valence-corrected chi connectivity index (χ3v) is 2.27. The second kappa shape index (κ2) is 5.78. The summed E-state index contributed by atoms with van der Waals surface area (Å²) in [5.41, 5.74) is 0.215. The molecular formula is C10H13N3O4. The van der Waals surface area contributed by atoms with E-state index in [1.54, 1.807) is 0 Å². The van der Waals surface area contributed by atoms with E-state index in [4.69, 9.17) is 5.11 Å². The van der Waals surface area contributed by atoms with E-state index in [-0.39, 0.29) is 11.1 Å². The van der Waals surface area contributed by atoms with Crippen molar-refractivity contribution in [3.63, 3.8) is 0 Å². The summed E-state index contributed by atoms with van der Waals surface area (Å²) >= 11 is 0. The van der Waals surface area contributed by atoms with Gasteiger partial charge in [-0.3, -0.25) is 4.79 Å². The molecule has 7 nitrogen and oxygen atoms in total. The van der Waals surface area contributed by atoms with E-state index in [0.717, 1.165) is 0 Å². The molecule has 0 aliphatic rings. The molecule has 7 heteroatoms. The third-order valence-electron chi connectivity index (χ3n) is 2.27. The van der Waals surface area contributed by atoms with Crippen LogP contribution in [0.15, 0.2) is 22.1 Å². The normalized spacial score (nSPS) is 11.9. The van der Waals surface area contributed by atoms with Gasteiger partial charge in [-0.1, -0.05) is 5.16 Å². The Balaban J connectivity index is 2.45. The Morgan fingerprint density at radius 3 is 2.65 bits per heavy atom. The van der Waals surface area contributed by atoms with Crippen LogP contribution >= 0.6 is 0 Å². The van der Waals surface area contributed by atoms with Gasteiger partial charge in [-0.15, -0.1) is 0 Å². The lowest BCUT2D eigenvalue weighted by Crippen LogP contribution is -2.27. The average molecular weight is 239 g/mol. The van der Waals surface area contributed by atoms with Gasteiger partial charge in [-0.2, -0.15) is 4.98 Å². The van der Waals surface area contributed by atoms with Gasteiger partial charge in [-0.05, 0) is 13.8 Å². The molecule has 1 aromatic rings. The molecule has 1 heterocycles. The first kappa shape index (κ1) is 12.9. The van der Waals surface area contributed by atoms with Crippen molar-refractivity contribution in [2.24, 2.45) is 0 Å². The summed E-state index contributed by atoms with van der Waals surface area (Å²) in [6, 6.07) is 0. The summed E-state index contributed by atoms with van der Waals surface area (Å²) in [6.07, 6.45) is 1.64. The number of rotatable bonds is 5. The molecule has 0 saturated heterocycles. The summed E-state index contributed by atoms with van der Waals surface area (Å²) in [5, 5.41) is 14.9. The minimum Gasteiger partial charge on any atom is -0.478 e. The zero-order valence-electron chi connectivity index (χ0n) is 9.56. The average Bonchev–Trinajstić information content (AvgIpc) is 2.79. The molecular weight excluding hydrogens is 226 g/mol. The van der Waals surface area contributed by atoms with Crippen molar-refractivity contribution in [2.75, 3.05) is 6.54 Å². The van der Waals surface area contributed by atoms with Crippen molar-refractivity contribution < 1.29 is 19.2 Å². The molecule has 0 bridgehead atoms. The largest absolute Gasteiger partial charge is 0.478 e. The van der Waals surface area contributed by atoms with Crippen LogP contribution in [0.4, 0.5) is 0 Å². The first-order chi connectivity index (χ1) is 8.02. The summed E-state index contributed by atoms with van der Waals surface area (Å²) in [7, 11) is 0. The topological polar surface area (TPSA) is 105 Å². The van der Waals surface area contributed by atoms with E-state index in [1.807, 2.05) is 0 Å². The van der Waals surface area contributed by atoms with Gasteiger partial charge in [0.25, 0.3) is 0 Å². The van der Waals surface area contributed by atoms with E-state index in [0.29, 0.717) is 18.8 Å². The molecule has 1 rings (SSSR count). The van der Waals surface area contributed by atoms with Gasteiger partial charge in [0.2, 0.25) is 12.3 Å². The summed E-state index contributed by atoms with van der Waals surface area (Å²) in [5.74, 6) is -1.02. The highest BCUT2D eigenvalue weighted by Gasteiger charge is 2.12. The van der Waals surface area contributed by atoms with Crippen LogP contribution in [0.1, 0.15) is 19.7 Å². The second-order valence-corrected chi connectivity index (χ2v) is 3.41. The molecule has 0 saturated carbocycles. The SMILES string of the molecule is CC(C(=O)O)=C(C)C(=O)NCCc1ncon1. The molecule has 92 valence electrons. The maximum absolute atomic E-state index is 11.5. The zero-order valence-corrected chi connectivity index (χ0v) is 9.56. The van der Waals surface area contributed by atoms with E-state index in [1.165, 1.54) is 20.2 Å². The van der Waals surface area contributed by atoms with Crippen LogP contribution in [0.25, 0.3) is 0 Å². The van der Waals surface area contributed by atoms with Crippen LogP contribution in [0.2, 0.25) is 0 Å². The molecule has 0 radical (unpaired) electrons. The van der Waals surface area contributed by atoms with Crippen LogP contribution in [-0.2, 0) is 16.0 Å². The number of carbonyl (C=O) groups is 2. The number of amides is 1. The van der Waals surface area contributed by atoms with Crippen molar-refractivity contribution in [3.8, 4) is 0 Å². The Labute approximate surface area is 97.5 Å². The third kappa shape index (κ3) is 3.71. The van der Waals surface area contributed by atoms with Crippen molar-refractivity contribution in [3.05, 3.63) is 23.4 Å². The number of aromatic nitrogens is 2. The van der Waals surface area contributed by atoms with Gasteiger partial charge >= 0.3 is 5.97 Å². The Hall–Kier alpha value is -2.18. The molecule has 1 aromatic heterocycles. The van der Waals surface area contributed by atoms with Gasteiger partial charge in [0.15, 0.2) is 5.82 Å². The number of hydrogen-bond acceptors (Lipinski definition) is 5. The molecule has 0 aliphatic carbocycles. The number of carbonyl (C=O) groups excluding carboxylic acids is 1. The number of carboxylic acids is 1. The summed E-state index contributed by atoms with van der Waals surface area (Å²) in [4.78, 5) is 25.9. The van der Waals surface area contributed by atoms with Crippen molar-refractivity contribution in [2.45, 2.75) is 20.3 Å². The van der Waals surface area contributed by atoms with Crippen LogP contribution in [0.5, 0.6) is 0 Å². The minimum absolute atomic E-state index is 0.0297. The molecule has 0 atom stereocenters. The van der Waals surface area contributed by atoms with Crippen LogP contribution in [0, 0.1) is 0 Å². The molecule has 2 N–H and O–H groups in total. The Morgan fingerprint density at radius 2 is 2.12 bits per heavy atom. The first-order valence-electron chi connectivity index (χ1n) is 4.96. The molecule has 17 heavy (non-hydrogen) atoms. The van der Waals surface area contributed by atoms with Crippen LogP contribution in [-0.4, -0.2) is 33.7 Å². The fraction of sp³-hybridized carbons (Fsp3) is 0.400. The van der Waals surface area contributed by atoms with Crippen LogP contribution < -0.4 is 5.32 Å². The molecule has 0 aromatic carbocycles. The Morgan fingerprint density at radius 1 is 1.41 bits per heavy atom. The fourth-order valence-electron chi connectivity index (χ4n) is 1.05. The van der Waals surface area contributed by atoms with E-state index in [9.17, 15) is 9.59 Å². The number of carboxylic acid groups (broad SMARTS) is 1. The number of hydrogen-bond donors (Lipinski definition) is 2. The van der Waals surface area contributed by atoms with E-state index in [2.05, 4.69) is 20.0 Å². The molecule has 0 spiro atoms.